The topological polar surface area (TPSA) is 93.0 Å². The van der Waals surface area contributed by atoms with Gasteiger partial charge in [-0.05, 0) is 35.4 Å². The zero-order valence-electron chi connectivity index (χ0n) is 17.7. The minimum Gasteiger partial charge on any atom is -0.497 e. The molecule has 4 rings (SSSR count). The van der Waals surface area contributed by atoms with E-state index in [1.54, 1.807) is 26.6 Å². The van der Waals surface area contributed by atoms with Gasteiger partial charge in [0.05, 0.1) is 26.6 Å². The van der Waals surface area contributed by atoms with Gasteiger partial charge in [0.15, 0.2) is 11.6 Å². The Labute approximate surface area is 185 Å². The molecule has 2 N–H and O–H groups in total. The number of nitrogens with one attached hydrogen (secondary N) is 2. The number of hydrogen-bond acceptors (Lipinski definition) is 8. The molecule has 8 heteroatoms. The van der Waals surface area contributed by atoms with Crippen LogP contribution in [0.1, 0.15) is 11.1 Å². The number of anilines is 2. The van der Waals surface area contributed by atoms with Crippen LogP contribution >= 0.6 is 0 Å². The lowest BCUT2D eigenvalue weighted by Gasteiger charge is -2.08. The Hall–Kier alpha value is -4.46. The summed E-state index contributed by atoms with van der Waals surface area (Å²) in [5.74, 6) is 2.62. The molecular formula is C24H22N6O2. The SMILES string of the molecule is COc1cccc(/C=N\Nc2nnc(N/N=C/c3cccc(OC)c3)c3ccccc23)c1. The molecule has 0 aliphatic carbocycles. The Bertz CT molecular complexity index is 1170. The van der Waals surface area contributed by atoms with Gasteiger partial charge in [-0.1, -0.05) is 48.5 Å². The van der Waals surface area contributed by atoms with E-state index in [9.17, 15) is 0 Å². The van der Waals surface area contributed by atoms with Gasteiger partial charge < -0.3 is 9.47 Å². The standard InChI is InChI=1S/C24H22N6O2/c1-31-19-9-5-7-17(13-19)15-25-27-23-21-11-3-4-12-22(21)24(30-29-23)28-26-16-18-8-6-10-20(14-18)32-2/h3-16H,1-2H3,(H,27,29)(H,28,30)/b25-15-,26-16+. The summed E-state index contributed by atoms with van der Waals surface area (Å²) in [4.78, 5) is 0. The molecule has 0 aliphatic heterocycles. The van der Waals surface area contributed by atoms with Gasteiger partial charge in [0.2, 0.25) is 0 Å². The van der Waals surface area contributed by atoms with Crippen LogP contribution in [-0.4, -0.2) is 36.8 Å². The minimum absolute atomic E-state index is 0.544. The number of benzene rings is 3. The normalized spacial score (nSPS) is 11.2. The van der Waals surface area contributed by atoms with Crippen molar-refractivity contribution in [2.45, 2.75) is 0 Å². The summed E-state index contributed by atoms with van der Waals surface area (Å²) in [6.45, 7) is 0. The minimum atomic E-state index is 0.544. The summed E-state index contributed by atoms with van der Waals surface area (Å²) in [5.41, 5.74) is 7.74. The highest BCUT2D eigenvalue weighted by molar-refractivity contribution is 5.98. The second kappa shape index (κ2) is 10.0. The highest BCUT2D eigenvalue weighted by Crippen LogP contribution is 2.26. The van der Waals surface area contributed by atoms with Gasteiger partial charge in [0, 0.05) is 10.8 Å². The Morgan fingerprint density at radius 3 is 1.56 bits per heavy atom. The van der Waals surface area contributed by atoms with Crippen molar-refractivity contribution in [1.29, 1.82) is 0 Å². The highest BCUT2D eigenvalue weighted by atomic mass is 16.5. The van der Waals surface area contributed by atoms with Crippen molar-refractivity contribution < 1.29 is 9.47 Å². The van der Waals surface area contributed by atoms with Crippen LogP contribution in [0.15, 0.2) is 83.0 Å². The van der Waals surface area contributed by atoms with Crippen molar-refractivity contribution in [3.63, 3.8) is 0 Å². The maximum absolute atomic E-state index is 5.23. The Kier molecular flexibility index (Phi) is 6.52. The Morgan fingerprint density at radius 1 is 0.656 bits per heavy atom. The van der Waals surface area contributed by atoms with E-state index in [0.29, 0.717) is 11.6 Å². The predicted molar refractivity (Wildman–Crippen MR) is 128 cm³/mol. The second-order valence-electron chi connectivity index (χ2n) is 6.74. The fourth-order valence-corrected chi connectivity index (χ4v) is 3.05. The third-order valence-corrected chi connectivity index (χ3v) is 4.64. The van der Waals surface area contributed by atoms with Gasteiger partial charge in [-0.3, -0.25) is 10.9 Å². The van der Waals surface area contributed by atoms with Gasteiger partial charge in [-0.2, -0.15) is 10.2 Å². The number of hydrogen-bond donors (Lipinski definition) is 2. The molecule has 3 aromatic carbocycles. The lowest BCUT2D eigenvalue weighted by molar-refractivity contribution is 0.414. The molecule has 0 aliphatic rings. The molecule has 0 bridgehead atoms. The van der Waals surface area contributed by atoms with E-state index in [0.717, 1.165) is 33.4 Å². The lowest BCUT2D eigenvalue weighted by Crippen LogP contribution is -2.01. The van der Waals surface area contributed by atoms with E-state index in [1.807, 2.05) is 72.8 Å². The molecule has 4 aromatic rings. The Morgan fingerprint density at radius 2 is 1.12 bits per heavy atom. The maximum atomic E-state index is 5.23. The van der Waals surface area contributed by atoms with E-state index in [-0.39, 0.29) is 0 Å². The summed E-state index contributed by atoms with van der Waals surface area (Å²) >= 11 is 0. The van der Waals surface area contributed by atoms with Crippen LogP contribution in [0.25, 0.3) is 10.8 Å². The van der Waals surface area contributed by atoms with Crippen molar-refractivity contribution in [2.24, 2.45) is 10.2 Å². The summed E-state index contributed by atoms with van der Waals surface area (Å²) in [6.07, 6.45) is 3.40. The largest absolute Gasteiger partial charge is 0.497 e. The van der Waals surface area contributed by atoms with Crippen LogP contribution in [0.4, 0.5) is 11.6 Å². The highest BCUT2D eigenvalue weighted by Gasteiger charge is 2.08. The van der Waals surface area contributed by atoms with E-state index in [1.165, 1.54) is 0 Å². The molecule has 0 saturated carbocycles. The first-order valence-corrected chi connectivity index (χ1v) is 9.88. The van der Waals surface area contributed by atoms with E-state index < -0.39 is 0 Å². The molecule has 0 radical (unpaired) electrons. The van der Waals surface area contributed by atoms with Gasteiger partial charge in [-0.15, -0.1) is 10.2 Å². The molecule has 8 nitrogen and oxygen atoms in total. The molecule has 160 valence electrons. The molecule has 0 amide bonds. The molecule has 1 aromatic heterocycles. The van der Waals surface area contributed by atoms with Crippen LogP contribution in [0.5, 0.6) is 11.5 Å². The third-order valence-electron chi connectivity index (χ3n) is 4.64. The van der Waals surface area contributed by atoms with E-state index in [2.05, 4.69) is 31.3 Å². The van der Waals surface area contributed by atoms with Crippen LogP contribution in [0.3, 0.4) is 0 Å². The number of aromatic nitrogens is 2. The molecule has 0 spiro atoms. The van der Waals surface area contributed by atoms with Crippen LogP contribution in [-0.2, 0) is 0 Å². The quantitative estimate of drug-likeness (QED) is 0.317. The van der Waals surface area contributed by atoms with Crippen LogP contribution < -0.4 is 20.3 Å². The van der Waals surface area contributed by atoms with E-state index in [4.69, 9.17) is 9.47 Å². The molecule has 32 heavy (non-hydrogen) atoms. The number of methoxy groups -OCH3 is 2. The summed E-state index contributed by atoms with van der Waals surface area (Å²) in [6, 6.07) is 23.0. The first kappa shape index (κ1) is 20.8. The monoisotopic (exact) mass is 426 g/mol. The first-order chi connectivity index (χ1) is 15.8. The van der Waals surface area contributed by atoms with Crippen molar-refractivity contribution in [1.82, 2.24) is 10.2 Å². The fourth-order valence-electron chi connectivity index (χ4n) is 3.05. The van der Waals surface area contributed by atoms with Crippen molar-refractivity contribution in [3.05, 3.63) is 83.9 Å². The number of rotatable bonds is 8. The molecule has 0 fully saturated rings. The zero-order valence-corrected chi connectivity index (χ0v) is 17.7. The van der Waals surface area contributed by atoms with Gasteiger partial charge in [0.25, 0.3) is 0 Å². The Balaban J connectivity index is 1.52. The average Bonchev–Trinajstić information content (AvgIpc) is 2.85. The third kappa shape index (κ3) is 4.99. The second-order valence-corrected chi connectivity index (χ2v) is 6.74. The van der Waals surface area contributed by atoms with Crippen LogP contribution in [0.2, 0.25) is 0 Å². The fraction of sp³-hybridized carbons (Fsp3) is 0.0833. The summed E-state index contributed by atoms with van der Waals surface area (Å²) < 4.78 is 10.5. The van der Waals surface area contributed by atoms with Gasteiger partial charge >= 0.3 is 0 Å². The average molecular weight is 426 g/mol. The van der Waals surface area contributed by atoms with E-state index >= 15 is 0 Å². The van der Waals surface area contributed by atoms with Gasteiger partial charge in [-0.25, -0.2) is 0 Å². The molecular weight excluding hydrogens is 404 g/mol. The first-order valence-electron chi connectivity index (χ1n) is 9.88. The molecule has 0 atom stereocenters. The van der Waals surface area contributed by atoms with Crippen molar-refractivity contribution >= 4 is 34.8 Å². The summed E-state index contributed by atoms with van der Waals surface area (Å²) in [7, 11) is 3.26. The predicted octanol–water partition coefficient (Wildman–Crippen LogP) is 4.54. The van der Waals surface area contributed by atoms with Crippen molar-refractivity contribution in [3.8, 4) is 11.5 Å². The number of nitrogens with zero attached hydrogens (tertiary/aromatic N) is 4. The van der Waals surface area contributed by atoms with Gasteiger partial charge in [0.1, 0.15) is 11.5 Å². The zero-order chi connectivity index (χ0) is 22.2. The lowest BCUT2D eigenvalue weighted by atomic mass is 10.2. The smallest absolute Gasteiger partial charge is 0.176 e. The molecule has 0 unspecified atom stereocenters. The summed E-state index contributed by atoms with van der Waals surface area (Å²) in [5, 5.41) is 18.8. The van der Waals surface area contributed by atoms with Crippen molar-refractivity contribution in [2.75, 3.05) is 25.1 Å². The molecule has 0 saturated heterocycles. The maximum Gasteiger partial charge on any atom is 0.176 e. The molecule has 1 heterocycles. The number of fused-ring (bicyclic) bond motifs is 1. The number of hydrazone groups is 2. The number of ether oxygens (including phenoxy) is 2. The van der Waals surface area contributed by atoms with Crippen LogP contribution in [0, 0.1) is 0 Å².